The van der Waals surface area contributed by atoms with E-state index in [0.717, 1.165) is 18.5 Å². The van der Waals surface area contributed by atoms with Crippen LogP contribution in [0.4, 0.5) is 0 Å². The molecule has 1 aromatic rings. The summed E-state index contributed by atoms with van der Waals surface area (Å²) in [7, 11) is 0. The molecule has 2 amide bonds. The molecule has 0 saturated carbocycles. The quantitative estimate of drug-likeness (QED) is 0.863. The standard InChI is InChI=1S/C15H24N4O2/c1-4-6-13-15(21)18(10-14(20)16-13)9-12-7-8-19(17-12)11(3)5-2/h7-8,11,13H,4-6,9-10H2,1-3H3,(H,16,20). The zero-order valence-corrected chi connectivity index (χ0v) is 13.0. The van der Waals surface area contributed by atoms with Crippen molar-refractivity contribution in [2.24, 2.45) is 0 Å². The molecule has 1 aromatic heterocycles. The van der Waals surface area contributed by atoms with E-state index in [0.29, 0.717) is 19.0 Å². The first-order valence-electron chi connectivity index (χ1n) is 7.67. The second-order valence-electron chi connectivity index (χ2n) is 5.65. The van der Waals surface area contributed by atoms with E-state index in [2.05, 4.69) is 24.3 Å². The van der Waals surface area contributed by atoms with Crippen LogP contribution in [-0.4, -0.2) is 39.1 Å². The zero-order chi connectivity index (χ0) is 15.4. The number of nitrogens with zero attached hydrogens (tertiary/aromatic N) is 3. The van der Waals surface area contributed by atoms with Gasteiger partial charge in [-0.15, -0.1) is 0 Å². The van der Waals surface area contributed by atoms with Crippen LogP contribution in [0.5, 0.6) is 0 Å². The average Bonchev–Trinajstić information content (AvgIpc) is 2.92. The van der Waals surface area contributed by atoms with E-state index in [1.165, 1.54) is 0 Å². The highest BCUT2D eigenvalue weighted by molar-refractivity contribution is 5.94. The van der Waals surface area contributed by atoms with Crippen molar-refractivity contribution in [3.63, 3.8) is 0 Å². The van der Waals surface area contributed by atoms with Crippen molar-refractivity contribution in [1.29, 1.82) is 0 Å². The Bertz CT molecular complexity index is 512. The predicted molar refractivity (Wildman–Crippen MR) is 79.5 cm³/mol. The second kappa shape index (κ2) is 6.74. The molecule has 116 valence electrons. The summed E-state index contributed by atoms with van der Waals surface area (Å²) >= 11 is 0. The lowest BCUT2D eigenvalue weighted by molar-refractivity contribution is -0.145. The molecule has 1 aliphatic heterocycles. The first-order chi connectivity index (χ1) is 10.0. The number of amides is 2. The molecule has 0 aliphatic carbocycles. The summed E-state index contributed by atoms with van der Waals surface area (Å²) in [5, 5.41) is 7.26. The number of aromatic nitrogens is 2. The molecule has 1 N–H and O–H groups in total. The minimum absolute atomic E-state index is 0.00506. The van der Waals surface area contributed by atoms with E-state index >= 15 is 0 Å². The average molecular weight is 292 g/mol. The molecule has 2 atom stereocenters. The van der Waals surface area contributed by atoms with Crippen LogP contribution in [0, 0.1) is 0 Å². The van der Waals surface area contributed by atoms with E-state index in [1.807, 2.05) is 23.9 Å². The number of hydrogen-bond donors (Lipinski definition) is 1. The smallest absolute Gasteiger partial charge is 0.245 e. The van der Waals surface area contributed by atoms with E-state index in [1.54, 1.807) is 4.90 Å². The lowest BCUT2D eigenvalue weighted by Crippen LogP contribution is -2.57. The van der Waals surface area contributed by atoms with Gasteiger partial charge in [0.15, 0.2) is 0 Å². The number of carbonyl (C=O) groups is 2. The summed E-state index contributed by atoms with van der Waals surface area (Å²) in [6.45, 7) is 6.74. The summed E-state index contributed by atoms with van der Waals surface area (Å²) in [4.78, 5) is 25.7. The highest BCUT2D eigenvalue weighted by atomic mass is 16.2. The van der Waals surface area contributed by atoms with Gasteiger partial charge in [-0.3, -0.25) is 14.3 Å². The monoisotopic (exact) mass is 292 g/mol. The van der Waals surface area contributed by atoms with Crippen molar-refractivity contribution in [3.8, 4) is 0 Å². The van der Waals surface area contributed by atoms with Crippen LogP contribution >= 0.6 is 0 Å². The molecule has 21 heavy (non-hydrogen) atoms. The Kier molecular flexibility index (Phi) is 4.98. The minimum Gasteiger partial charge on any atom is -0.343 e. The Morgan fingerprint density at radius 1 is 1.43 bits per heavy atom. The zero-order valence-electron chi connectivity index (χ0n) is 13.0. The summed E-state index contributed by atoms with van der Waals surface area (Å²) < 4.78 is 1.91. The van der Waals surface area contributed by atoms with Crippen LogP contribution in [0.3, 0.4) is 0 Å². The van der Waals surface area contributed by atoms with Crippen molar-refractivity contribution >= 4 is 11.8 Å². The van der Waals surface area contributed by atoms with Crippen LogP contribution in [-0.2, 0) is 16.1 Å². The number of nitrogens with one attached hydrogen (secondary N) is 1. The molecular formula is C15H24N4O2. The van der Waals surface area contributed by atoms with Crippen LogP contribution < -0.4 is 5.32 Å². The first-order valence-corrected chi connectivity index (χ1v) is 7.67. The first kappa shape index (κ1) is 15.5. The molecule has 2 unspecified atom stereocenters. The van der Waals surface area contributed by atoms with Gasteiger partial charge in [-0.1, -0.05) is 20.3 Å². The largest absolute Gasteiger partial charge is 0.343 e. The molecule has 0 aromatic carbocycles. The maximum Gasteiger partial charge on any atom is 0.245 e. The molecular weight excluding hydrogens is 268 g/mol. The fourth-order valence-electron chi connectivity index (χ4n) is 2.48. The van der Waals surface area contributed by atoms with Gasteiger partial charge in [0, 0.05) is 12.2 Å². The number of hydrogen-bond acceptors (Lipinski definition) is 3. The molecule has 0 radical (unpaired) electrons. The van der Waals surface area contributed by atoms with Crippen LogP contribution in [0.25, 0.3) is 0 Å². The van der Waals surface area contributed by atoms with Gasteiger partial charge in [-0.2, -0.15) is 5.10 Å². The number of rotatable bonds is 6. The van der Waals surface area contributed by atoms with Gasteiger partial charge in [0.1, 0.15) is 12.6 Å². The van der Waals surface area contributed by atoms with Crippen molar-refractivity contribution in [2.45, 2.75) is 58.7 Å². The molecule has 0 spiro atoms. The van der Waals surface area contributed by atoms with Crippen molar-refractivity contribution < 1.29 is 9.59 Å². The Labute approximate surface area is 125 Å². The third kappa shape index (κ3) is 3.62. The normalized spacial score (nSPS) is 20.5. The third-order valence-corrected chi connectivity index (χ3v) is 3.92. The summed E-state index contributed by atoms with van der Waals surface area (Å²) in [6.07, 6.45) is 4.49. The molecule has 6 heteroatoms. The van der Waals surface area contributed by atoms with Gasteiger partial charge in [-0.05, 0) is 25.8 Å². The molecule has 0 bridgehead atoms. The van der Waals surface area contributed by atoms with E-state index in [4.69, 9.17) is 0 Å². The van der Waals surface area contributed by atoms with Gasteiger partial charge in [0.05, 0.1) is 12.2 Å². The van der Waals surface area contributed by atoms with Crippen LogP contribution in [0.1, 0.15) is 51.8 Å². The van der Waals surface area contributed by atoms with Gasteiger partial charge >= 0.3 is 0 Å². The maximum atomic E-state index is 12.3. The van der Waals surface area contributed by atoms with Gasteiger partial charge in [-0.25, -0.2) is 0 Å². The van der Waals surface area contributed by atoms with E-state index in [-0.39, 0.29) is 24.4 Å². The van der Waals surface area contributed by atoms with Crippen molar-refractivity contribution in [1.82, 2.24) is 20.0 Å². The third-order valence-electron chi connectivity index (χ3n) is 3.92. The number of carbonyl (C=O) groups excluding carboxylic acids is 2. The summed E-state index contributed by atoms with van der Waals surface area (Å²) in [6, 6.07) is 1.88. The molecule has 2 rings (SSSR count). The fourth-order valence-corrected chi connectivity index (χ4v) is 2.48. The second-order valence-corrected chi connectivity index (χ2v) is 5.65. The lowest BCUT2D eigenvalue weighted by atomic mass is 10.1. The van der Waals surface area contributed by atoms with E-state index in [9.17, 15) is 9.59 Å². The van der Waals surface area contributed by atoms with Gasteiger partial charge < -0.3 is 10.2 Å². The van der Waals surface area contributed by atoms with E-state index < -0.39 is 0 Å². The molecule has 6 nitrogen and oxygen atoms in total. The van der Waals surface area contributed by atoms with Crippen molar-refractivity contribution in [3.05, 3.63) is 18.0 Å². The Morgan fingerprint density at radius 2 is 2.19 bits per heavy atom. The molecule has 1 fully saturated rings. The number of piperazine rings is 1. The summed E-state index contributed by atoms with van der Waals surface area (Å²) in [5.41, 5.74) is 0.827. The topological polar surface area (TPSA) is 67.2 Å². The highest BCUT2D eigenvalue weighted by Crippen LogP contribution is 2.13. The molecule has 2 heterocycles. The SMILES string of the molecule is CCCC1NC(=O)CN(Cc2ccn(C(C)CC)n2)C1=O. The Balaban J connectivity index is 2.05. The van der Waals surface area contributed by atoms with Crippen LogP contribution in [0.15, 0.2) is 12.3 Å². The van der Waals surface area contributed by atoms with Gasteiger partial charge in [0.25, 0.3) is 0 Å². The maximum absolute atomic E-state index is 12.3. The Morgan fingerprint density at radius 3 is 2.86 bits per heavy atom. The lowest BCUT2D eigenvalue weighted by Gasteiger charge is -2.32. The van der Waals surface area contributed by atoms with Gasteiger partial charge in [0.2, 0.25) is 11.8 Å². The highest BCUT2D eigenvalue weighted by Gasteiger charge is 2.32. The minimum atomic E-state index is -0.382. The Hall–Kier alpha value is -1.85. The molecule has 1 saturated heterocycles. The fraction of sp³-hybridized carbons (Fsp3) is 0.667. The summed E-state index contributed by atoms with van der Waals surface area (Å²) in [5.74, 6) is -0.0936. The molecule has 1 aliphatic rings. The van der Waals surface area contributed by atoms with Crippen molar-refractivity contribution in [2.75, 3.05) is 6.54 Å². The predicted octanol–water partition coefficient (Wildman–Crippen LogP) is 1.48. The van der Waals surface area contributed by atoms with Crippen LogP contribution in [0.2, 0.25) is 0 Å².